The number of pyridine rings is 1. The molecule has 0 radical (unpaired) electrons. The van der Waals surface area contributed by atoms with Gasteiger partial charge in [0.25, 0.3) is 0 Å². The van der Waals surface area contributed by atoms with Gasteiger partial charge in [-0.2, -0.15) is 5.10 Å². The molecule has 28 heavy (non-hydrogen) atoms. The van der Waals surface area contributed by atoms with Crippen LogP contribution in [0.25, 0.3) is 33.5 Å². The van der Waals surface area contributed by atoms with Crippen LogP contribution in [0.4, 0.5) is 0 Å². The van der Waals surface area contributed by atoms with Crippen molar-refractivity contribution < 1.29 is 8.42 Å². The van der Waals surface area contributed by atoms with Crippen molar-refractivity contribution in [1.29, 1.82) is 0 Å². The van der Waals surface area contributed by atoms with Crippen LogP contribution >= 0.6 is 0 Å². The van der Waals surface area contributed by atoms with Crippen LogP contribution in [0.5, 0.6) is 0 Å². The van der Waals surface area contributed by atoms with Gasteiger partial charge in [0.1, 0.15) is 0 Å². The van der Waals surface area contributed by atoms with Gasteiger partial charge in [-0.25, -0.2) is 13.6 Å². The van der Waals surface area contributed by atoms with Crippen molar-refractivity contribution in [3.8, 4) is 33.5 Å². The first-order valence-corrected chi connectivity index (χ1v) is 10.2. The molecule has 0 aliphatic rings. The van der Waals surface area contributed by atoms with Crippen molar-refractivity contribution in [3.63, 3.8) is 0 Å². The molecule has 0 fully saturated rings. The summed E-state index contributed by atoms with van der Waals surface area (Å²) >= 11 is 0. The molecule has 2 aromatic heterocycles. The van der Waals surface area contributed by atoms with Crippen molar-refractivity contribution in [2.24, 2.45) is 5.14 Å². The first-order chi connectivity index (χ1) is 13.4. The van der Waals surface area contributed by atoms with Crippen LogP contribution in [0.1, 0.15) is 5.69 Å². The molecule has 0 atom stereocenters. The second-order valence-electron chi connectivity index (χ2n) is 6.48. The van der Waals surface area contributed by atoms with E-state index < -0.39 is 10.0 Å². The van der Waals surface area contributed by atoms with Crippen LogP contribution < -0.4 is 5.14 Å². The number of aromatic amines is 1. The molecular formula is C21H18N4O2S. The maximum absolute atomic E-state index is 11.6. The maximum atomic E-state index is 11.6. The van der Waals surface area contributed by atoms with Crippen molar-refractivity contribution in [3.05, 3.63) is 78.8 Å². The highest BCUT2D eigenvalue weighted by Crippen LogP contribution is 2.32. The lowest BCUT2D eigenvalue weighted by Gasteiger charge is -2.07. The Balaban J connectivity index is 1.70. The molecule has 0 aliphatic carbocycles. The third kappa shape index (κ3) is 3.58. The number of sulfonamides is 1. The Labute approximate surface area is 163 Å². The first-order valence-electron chi connectivity index (χ1n) is 8.62. The van der Waals surface area contributed by atoms with Crippen molar-refractivity contribution in [2.45, 2.75) is 11.8 Å². The first kappa shape index (κ1) is 18.1. The molecule has 0 unspecified atom stereocenters. The van der Waals surface area contributed by atoms with Crippen molar-refractivity contribution >= 4 is 10.0 Å². The second kappa shape index (κ2) is 7.03. The molecule has 0 aliphatic heterocycles. The summed E-state index contributed by atoms with van der Waals surface area (Å²) in [4.78, 5) is 4.33. The molecule has 2 heterocycles. The van der Waals surface area contributed by atoms with Gasteiger partial charge in [-0.15, -0.1) is 0 Å². The number of benzene rings is 2. The fourth-order valence-corrected chi connectivity index (χ4v) is 3.68. The van der Waals surface area contributed by atoms with Crippen LogP contribution in [0.15, 0.2) is 78.0 Å². The molecule has 0 saturated carbocycles. The Morgan fingerprint density at radius 1 is 0.893 bits per heavy atom. The molecule has 0 saturated heterocycles. The van der Waals surface area contributed by atoms with Gasteiger partial charge in [0.2, 0.25) is 10.0 Å². The van der Waals surface area contributed by atoms with Gasteiger partial charge in [0.15, 0.2) is 0 Å². The van der Waals surface area contributed by atoms with E-state index in [1.54, 1.807) is 18.3 Å². The summed E-state index contributed by atoms with van der Waals surface area (Å²) < 4.78 is 23.2. The third-order valence-corrected chi connectivity index (χ3v) is 5.41. The smallest absolute Gasteiger partial charge is 0.238 e. The molecular weight excluding hydrogens is 372 g/mol. The lowest BCUT2D eigenvalue weighted by Crippen LogP contribution is -2.11. The molecule has 2 aromatic carbocycles. The lowest BCUT2D eigenvalue weighted by atomic mass is 9.99. The lowest BCUT2D eigenvalue weighted by molar-refractivity contribution is 0.598. The average molecular weight is 390 g/mol. The fourth-order valence-electron chi connectivity index (χ4n) is 3.12. The van der Waals surface area contributed by atoms with Crippen LogP contribution in [0.3, 0.4) is 0 Å². The number of rotatable bonds is 4. The Morgan fingerprint density at radius 3 is 2.36 bits per heavy atom. The molecule has 7 heteroatoms. The van der Waals surface area contributed by atoms with Crippen LogP contribution in [-0.4, -0.2) is 23.6 Å². The van der Waals surface area contributed by atoms with Gasteiger partial charge in [0, 0.05) is 29.2 Å². The van der Waals surface area contributed by atoms with Gasteiger partial charge in [-0.3, -0.25) is 10.1 Å². The number of hydrogen-bond donors (Lipinski definition) is 2. The van der Waals surface area contributed by atoms with Crippen LogP contribution in [-0.2, 0) is 10.0 Å². The summed E-state index contributed by atoms with van der Waals surface area (Å²) in [6, 6.07) is 18.4. The largest absolute Gasteiger partial charge is 0.284 e. The number of primary sulfonamides is 1. The summed E-state index contributed by atoms with van der Waals surface area (Å²) in [7, 11) is -3.73. The Hall–Kier alpha value is -3.29. The van der Waals surface area contributed by atoms with E-state index in [1.165, 1.54) is 6.07 Å². The summed E-state index contributed by atoms with van der Waals surface area (Å²) in [5, 5.41) is 12.6. The zero-order chi connectivity index (χ0) is 19.7. The van der Waals surface area contributed by atoms with Crippen molar-refractivity contribution in [1.82, 2.24) is 15.2 Å². The van der Waals surface area contributed by atoms with E-state index in [-0.39, 0.29) is 4.90 Å². The van der Waals surface area contributed by atoms with E-state index in [4.69, 9.17) is 5.14 Å². The van der Waals surface area contributed by atoms with E-state index in [1.807, 2.05) is 55.6 Å². The fraction of sp³-hybridized carbons (Fsp3) is 0.0476. The molecule has 0 bridgehead atoms. The topological polar surface area (TPSA) is 102 Å². The number of aryl methyl sites for hydroxylation is 1. The number of hydrogen-bond acceptors (Lipinski definition) is 4. The summed E-state index contributed by atoms with van der Waals surface area (Å²) in [6.07, 6.45) is 3.63. The molecule has 140 valence electrons. The van der Waals surface area contributed by atoms with E-state index in [9.17, 15) is 8.42 Å². The quantitative estimate of drug-likeness (QED) is 0.554. The minimum Gasteiger partial charge on any atom is -0.284 e. The van der Waals surface area contributed by atoms with Gasteiger partial charge in [-0.1, -0.05) is 36.4 Å². The monoisotopic (exact) mass is 390 g/mol. The molecule has 0 spiro atoms. The predicted molar refractivity (Wildman–Crippen MR) is 109 cm³/mol. The molecule has 4 rings (SSSR count). The number of nitrogens with one attached hydrogen (secondary N) is 1. The van der Waals surface area contributed by atoms with E-state index in [0.717, 1.165) is 39.2 Å². The molecule has 4 aromatic rings. The highest BCUT2D eigenvalue weighted by Gasteiger charge is 2.12. The van der Waals surface area contributed by atoms with Crippen LogP contribution in [0.2, 0.25) is 0 Å². The van der Waals surface area contributed by atoms with Gasteiger partial charge in [0.05, 0.1) is 10.6 Å². The average Bonchev–Trinajstić information content (AvgIpc) is 3.17. The molecule has 6 nitrogen and oxygen atoms in total. The van der Waals surface area contributed by atoms with Crippen LogP contribution in [0, 0.1) is 6.92 Å². The summed E-state index contributed by atoms with van der Waals surface area (Å²) in [6.45, 7) is 1.94. The summed E-state index contributed by atoms with van der Waals surface area (Å²) in [5.74, 6) is 0. The standard InChI is InChI=1S/C21H18N4O2S/c1-14-11-18(9-10-23-14)21-20(13-24-25-21)16-7-5-15(6-8-16)17-3-2-4-19(12-17)28(22,26)27/h2-13H,1H3,(H,24,25)(H2,22,26,27). The van der Waals surface area contributed by atoms with E-state index in [0.29, 0.717) is 0 Å². The van der Waals surface area contributed by atoms with Gasteiger partial charge in [-0.05, 0) is 47.9 Å². The SMILES string of the molecule is Cc1cc(-c2n[nH]cc2-c2ccc(-c3cccc(S(N)(=O)=O)c3)cc2)ccn1. The highest BCUT2D eigenvalue weighted by atomic mass is 32.2. The highest BCUT2D eigenvalue weighted by molar-refractivity contribution is 7.89. The minimum absolute atomic E-state index is 0.0965. The van der Waals surface area contributed by atoms with Gasteiger partial charge >= 0.3 is 0 Å². The Bertz CT molecular complexity index is 1250. The Kier molecular flexibility index (Phi) is 4.54. The zero-order valence-electron chi connectivity index (χ0n) is 15.1. The number of H-pyrrole nitrogens is 1. The number of aromatic nitrogens is 3. The Morgan fingerprint density at radius 2 is 1.64 bits per heavy atom. The van der Waals surface area contributed by atoms with Crippen molar-refractivity contribution in [2.75, 3.05) is 0 Å². The third-order valence-electron chi connectivity index (χ3n) is 4.50. The minimum atomic E-state index is -3.73. The van der Waals surface area contributed by atoms with E-state index in [2.05, 4.69) is 15.2 Å². The van der Waals surface area contributed by atoms with E-state index >= 15 is 0 Å². The van der Waals surface area contributed by atoms with Gasteiger partial charge < -0.3 is 0 Å². The normalized spacial score (nSPS) is 11.5. The molecule has 3 N–H and O–H groups in total. The molecule has 0 amide bonds. The second-order valence-corrected chi connectivity index (χ2v) is 8.05. The number of nitrogens with two attached hydrogens (primary N) is 1. The maximum Gasteiger partial charge on any atom is 0.238 e. The summed E-state index contributed by atoms with van der Waals surface area (Å²) in [5.41, 5.74) is 6.45. The predicted octanol–water partition coefficient (Wildman–Crippen LogP) is 3.76. The number of nitrogens with zero attached hydrogens (tertiary/aromatic N) is 2. The zero-order valence-corrected chi connectivity index (χ0v) is 15.9.